The van der Waals surface area contributed by atoms with Gasteiger partial charge in [0.15, 0.2) is 15.6 Å². The number of sulfone groups is 1. The van der Waals surface area contributed by atoms with Crippen molar-refractivity contribution in [2.75, 3.05) is 18.1 Å². The van der Waals surface area contributed by atoms with Crippen molar-refractivity contribution in [2.24, 2.45) is 0 Å². The van der Waals surface area contributed by atoms with Crippen LogP contribution in [0.15, 0.2) is 22.8 Å². The Bertz CT molecular complexity index is 521. The minimum atomic E-state index is -2.99. The zero-order chi connectivity index (χ0) is 13.9. The highest BCUT2D eigenvalue weighted by molar-refractivity contribution is 7.91. The quantitative estimate of drug-likeness (QED) is 0.826. The fraction of sp³-hybridized carbons (Fsp3) is 0.615. The third-order valence-electron chi connectivity index (χ3n) is 3.39. The van der Waals surface area contributed by atoms with E-state index in [1.54, 1.807) is 17.0 Å². The molecule has 1 saturated heterocycles. The van der Waals surface area contributed by atoms with Gasteiger partial charge in [-0.1, -0.05) is 13.3 Å². The SMILES string of the molecule is CCCCN(C(=O)c1ccco1)[C@H]1CCS(=O)(=O)C1. The van der Waals surface area contributed by atoms with Crippen molar-refractivity contribution in [1.82, 2.24) is 4.90 Å². The summed E-state index contributed by atoms with van der Waals surface area (Å²) >= 11 is 0. The summed E-state index contributed by atoms with van der Waals surface area (Å²) in [7, 11) is -2.99. The number of carbonyl (C=O) groups excluding carboxylic acids is 1. The molecule has 1 fully saturated rings. The van der Waals surface area contributed by atoms with Crippen LogP contribution in [0, 0.1) is 0 Å². The lowest BCUT2D eigenvalue weighted by Crippen LogP contribution is -2.41. The molecule has 0 unspecified atom stereocenters. The summed E-state index contributed by atoms with van der Waals surface area (Å²) in [6.45, 7) is 2.62. The Morgan fingerprint density at radius 3 is 2.84 bits per heavy atom. The Balaban J connectivity index is 2.14. The average molecular weight is 285 g/mol. The molecule has 1 aromatic heterocycles. The molecular formula is C13H19NO4S. The fourth-order valence-electron chi connectivity index (χ4n) is 2.34. The van der Waals surface area contributed by atoms with Gasteiger partial charge in [0.25, 0.3) is 5.91 Å². The van der Waals surface area contributed by atoms with E-state index in [2.05, 4.69) is 0 Å². The lowest BCUT2D eigenvalue weighted by atomic mass is 10.2. The number of rotatable bonds is 5. The number of hydrogen-bond acceptors (Lipinski definition) is 4. The average Bonchev–Trinajstić information content (AvgIpc) is 2.99. The maximum Gasteiger partial charge on any atom is 0.289 e. The Kier molecular flexibility index (Phi) is 4.29. The Morgan fingerprint density at radius 2 is 2.32 bits per heavy atom. The van der Waals surface area contributed by atoms with Gasteiger partial charge in [-0.3, -0.25) is 4.79 Å². The van der Waals surface area contributed by atoms with Gasteiger partial charge in [0, 0.05) is 12.6 Å². The first-order valence-electron chi connectivity index (χ1n) is 6.58. The van der Waals surface area contributed by atoms with Gasteiger partial charge in [0.1, 0.15) is 0 Å². The van der Waals surface area contributed by atoms with E-state index in [1.807, 2.05) is 6.92 Å². The predicted octanol–water partition coefficient (Wildman–Crippen LogP) is 1.71. The summed E-state index contributed by atoms with van der Waals surface area (Å²) in [4.78, 5) is 14.0. The lowest BCUT2D eigenvalue weighted by molar-refractivity contribution is 0.0661. The normalized spacial score (nSPS) is 21.4. The van der Waals surface area contributed by atoms with E-state index in [0.717, 1.165) is 12.8 Å². The zero-order valence-corrected chi connectivity index (χ0v) is 11.9. The molecule has 0 radical (unpaired) electrons. The fourth-order valence-corrected chi connectivity index (χ4v) is 4.07. The molecule has 0 saturated carbocycles. The highest BCUT2D eigenvalue weighted by Crippen LogP contribution is 2.20. The maximum atomic E-state index is 12.3. The first-order valence-corrected chi connectivity index (χ1v) is 8.40. The molecule has 0 N–H and O–H groups in total. The van der Waals surface area contributed by atoms with Gasteiger partial charge in [-0.05, 0) is 25.0 Å². The summed E-state index contributed by atoms with van der Waals surface area (Å²) in [5, 5.41) is 0. The van der Waals surface area contributed by atoms with E-state index in [4.69, 9.17) is 4.42 Å². The Labute approximate surface area is 113 Å². The van der Waals surface area contributed by atoms with Crippen molar-refractivity contribution in [3.63, 3.8) is 0 Å². The van der Waals surface area contributed by atoms with Gasteiger partial charge in [0.05, 0.1) is 17.8 Å². The molecule has 1 aliphatic rings. The van der Waals surface area contributed by atoms with Gasteiger partial charge in [-0.25, -0.2) is 8.42 Å². The molecule has 106 valence electrons. The summed E-state index contributed by atoms with van der Waals surface area (Å²) in [5.41, 5.74) is 0. The second-order valence-electron chi connectivity index (χ2n) is 4.89. The van der Waals surface area contributed by atoms with Crippen LogP contribution in [0.4, 0.5) is 0 Å². The molecular weight excluding hydrogens is 266 g/mol. The number of nitrogens with zero attached hydrogens (tertiary/aromatic N) is 1. The van der Waals surface area contributed by atoms with Gasteiger partial charge in [-0.2, -0.15) is 0 Å². The maximum absolute atomic E-state index is 12.3. The van der Waals surface area contributed by atoms with Crippen molar-refractivity contribution in [3.05, 3.63) is 24.2 Å². The molecule has 0 aromatic carbocycles. The molecule has 0 aliphatic carbocycles. The molecule has 1 atom stereocenters. The van der Waals surface area contributed by atoms with Crippen LogP contribution in [-0.4, -0.2) is 43.3 Å². The topological polar surface area (TPSA) is 67.6 Å². The van der Waals surface area contributed by atoms with Crippen molar-refractivity contribution >= 4 is 15.7 Å². The summed E-state index contributed by atoms with van der Waals surface area (Å²) in [6.07, 6.45) is 3.81. The van der Waals surface area contributed by atoms with Crippen LogP contribution in [0.5, 0.6) is 0 Å². The van der Waals surface area contributed by atoms with Crippen molar-refractivity contribution in [1.29, 1.82) is 0 Å². The molecule has 2 heterocycles. The van der Waals surface area contributed by atoms with Gasteiger partial charge in [0.2, 0.25) is 0 Å². The van der Waals surface area contributed by atoms with E-state index in [-0.39, 0.29) is 29.2 Å². The second-order valence-corrected chi connectivity index (χ2v) is 7.11. The molecule has 5 nitrogen and oxygen atoms in total. The minimum Gasteiger partial charge on any atom is -0.459 e. The van der Waals surface area contributed by atoms with E-state index < -0.39 is 9.84 Å². The number of hydrogen-bond donors (Lipinski definition) is 0. The van der Waals surface area contributed by atoms with E-state index >= 15 is 0 Å². The van der Waals surface area contributed by atoms with E-state index in [9.17, 15) is 13.2 Å². The first-order chi connectivity index (χ1) is 9.03. The second kappa shape index (κ2) is 5.77. The van der Waals surface area contributed by atoms with Crippen molar-refractivity contribution < 1.29 is 17.6 Å². The van der Waals surface area contributed by atoms with Gasteiger partial charge < -0.3 is 9.32 Å². The first kappa shape index (κ1) is 14.1. The van der Waals surface area contributed by atoms with Crippen LogP contribution in [0.1, 0.15) is 36.7 Å². The predicted molar refractivity (Wildman–Crippen MR) is 71.7 cm³/mol. The number of carbonyl (C=O) groups is 1. The van der Waals surface area contributed by atoms with Crippen LogP contribution in [0.3, 0.4) is 0 Å². The molecule has 2 rings (SSSR count). The largest absolute Gasteiger partial charge is 0.459 e. The smallest absolute Gasteiger partial charge is 0.289 e. The molecule has 6 heteroatoms. The van der Waals surface area contributed by atoms with E-state index in [0.29, 0.717) is 13.0 Å². The zero-order valence-electron chi connectivity index (χ0n) is 11.0. The van der Waals surface area contributed by atoms with Gasteiger partial charge in [-0.15, -0.1) is 0 Å². The van der Waals surface area contributed by atoms with Crippen LogP contribution in [-0.2, 0) is 9.84 Å². The third kappa shape index (κ3) is 3.37. The number of amides is 1. The van der Waals surface area contributed by atoms with Crippen LogP contribution >= 0.6 is 0 Å². The highest BCUT2D eigenvalue weighted by atomic mass is 32.2. The van der Waals surface area contributed by atoms with Crippen LogP contribution in [0.25, 0.3) is 0 Å². The molecule has 1 aliphatic heterocycles. The minimum absolute atomic E-state index is 0.0726. The number of furan rings is 1. The summed E-state index contributed by atoms with van der Waals surface area (Å²) in [6, 6.07) is 3.07. The highest BCUT2D eigenvalue weighted by Gasteiger charge is 2.35. The molecule has 0 spiro atoms. The summed E-state index contributed by atoms with van der Waals surface area (Å²) < 4.78 is 28.3. The van der Waals surface area contributed by atoms with Crippen LogP contribution in [0.2, 0.25) is 0 Å². The standard InChI is InChI=1S/C13H19NO4S/c1-2-3-7-14(11-6-9-19(16,17)10-11)13(15)12-5-4-8-18-12/h4-5,8,11H,2-3,6-7,9-10H2,1H3/t11-/m0/s1. The monoisotopic (exact) mass is 285 g/mol. The number of unbranched alkanes of at least 4 members (excludes halogenated alkanes) is 1. The van der Waals surface area contributed by atoms with E-state index in [1.165, 1.54) is 6.26 Å². The van der Waals surface area contributed by atoms with Crippen LogP contribution < -0.4 is 0 Å². The lowest BCUT2D eigenvalue weighted by Gasteiger charge is -2.27. The van der Waals surface area contributed by atoms with Gasteiger partial charge >= 0.3 is 0 Å². The third-order valence-corrected chi connectivity index (χ3v) is 5.14. The molecule has 0 bridgehead atoms. The summed E-state index contributed by atoms with van der Waals surface area (Å²) in [5.74, 6) is 0.315. The molecule has 19 heavy (non-hydrogen) atoms. The Hall–Kier alpha value is -1.30. The molecule has 1 aromatic rings. The van der Waals surface area contributed by atoms with Crippen molar-refractivity contribution in [3.8, 4) is 0 Å². The Morgan fingerprint density at radius 1 is 1.53 bits per heavy atom. The van der Waals surface area contributed by atoms with Crippen molar-refractivity contribution in [2.45, 2.75) is 32.2 Å². The molecule has 1 amide bonds.